The average Bonchev–Trinajstić information content (AvgIpc) is 2.98. The zero-order chi connectivity index (χ0) is 30.7. The molecule has 5 rings (SSSR count). The third-order valence-electron chi connectivity index (χ3n) is 6.20. The molecule has 0 aliphatic rings. The maximum Gasteiger partial charge on any atom is 0.343 e. The van der Waals surface area contributed by atoms with Crippen molar-refractivity contribution in [1.82, 2.24) is 0 Å². The summed E-state index contributed by atoms with van der Waals surface area (Å²) in [6.45, 7) is 5.17. The SMILES string of the molecule is CC(C)(C)C(=O)Oc1c(Oc2ccccc2Cl)c(Oc2ccccc2Cl)c(OC(=O)c2ccccc2)c2cc(Cl)ccc12. The van der Waals surface area contributed by atoms with Gasteiger partial charge in [0.1, 0.15) is 11.5 Å². The highest BCUT2D eigenvalue weighted by Crippen LogP contribution is 2.55. The number of carbonyl (C=O) groups is 2. The van der Waals surface area contributed by atoms with Crippen molar-refractivity contribution >= 4 is 57.5 Å². The first-order valence-electron chi connectivity index (χ1n) is 13.2. The van der Waals surface area contributed by atoms with Gasteiger partial charge in [-0.15, -0.1) is 0 Å². The molecule has 5 aromatic carbocycles. The fourth-order valence-electron chi connectivity index (χ4n) is 3.99. The summed E-state index contributed by atoms with van der Waals surface area (Å²) in [7, 11) is 0. The molecule has 0 bridgehead atoms. The number of fused-ring (bicyclic) bond motifs is 1. The third kappa shape index (κ3) is 6.73. The Balaban J connectivity index is 1.85. The molecule has 0 aromatic heterocycles. The Kier molecular flexibility index (Phi) is 8.83. The Morgan fingerprint density at radius 2 is 1.09 bits per heavy atom. The lowest BCUT2D eigenvalue weighted by Gasteiger charge is -2.24. The number of carbonyl (C=O) groups excluding carboxylic acids is 2. The summed E-state index contributed by atoms with van der Waals surface area (Å²) in [5, 5.41) is 1.57. The predicted molar refractivity (Wildman–Crippen MR) is 169 cm³/mol. The van der Waals surface area contributed by atoms with Gasteiger partial charge in [-0.2, -0.15) is 0 Å². The van der Waals surface area contributed by atoms with Crippen LogP contribution in [-0.2, 0) is 4.79 Å². The highest BCUT2D eigenvalue weighted by molar-refractivity contribution is 6.32. The first-order valence-corrected chi connectivity index (χ1v) is 14.3. The van der Waals surface area contributed by atoms with Gasteiger partial charge in [-0.1, -0.05) is 77.3 Å². The molecule has 0 radical (unpaired) electrons. The van der Waals surface area contributed by atoms with Gasteiger partial charge in [0.05, 0.1) is 21.0 Å². The molecule has 43 heavy (non-hydrogen) atoms. The Bertz CT molecular complexity index is 1830. The van der Waals surface area contributed by atoms with Gasteiger partial charge in [-0.25, -0.2) is 4.79 Å². The van der Waals surface area contributed by atoms with Crippen LogP contribution in [0.25, 0.3) is 10.8 Å². The standard InChI is InChI=1S/C34H25Cl3O6/c1-34(2,3)33(39)43-28-22-18-17-21(35)19-23(22)29(42-32(38)20-11-5-4-6-12-20)31(41-27-16-10-8-14-25(27)37)30(28)40-26-15-9-7-13-24(26)36/h4-19H,1-3H3. The van der Waals surface area contributed by atoms with Gasteiger partial charge >= 0.3 is 11.9 Å². The number of halogens is 3. The van der Waals surface area contributed by atoms with E-state index in [0.717, 1.165) is 0 Å². The molecule has 9 heteroatoms. The van der Waals surface area contributed by atoms with Crippen molar-refractivity contribution in [2.45, 2.75) is 20.8 Å². The third-order valence-corrected chi connectivity index (χ3v) is 7.06. The second kappa shape index (κ2) is 12.6. The van der Waals surface area contributed by atoms with Crippen LogP contribution in [0.3, 0.4) is 0 Å². The van der Waals surface area contributed by atoms with Crippen molar-refractivity contribution in [3.63, 3.8) is 0 Å². The summed E-state index contributed by atoms with van der Waals surface area (Å²) in [5.41, 5.74) is -0.596. The molecule has 0 spiro atoms. The van der Waals surface area contributed by atoms with E-state index < -0.39 is 17.4 Å². The first-order chi connectivity index (χ1) is 20.5. The average molecular weight is 636 g/mol. The van der Waals surface area contributed by atoms with Crippen LogP contribution in [0.4, 0.5) is 0 Å². The van der Waals surface area contributed by atoms with Gasteiger partial charge in [0.15, 0.2) is 11.5 Å². The normalized spacial score (nSPS) is 11.2. The molecule has 0 heterocycles. The smallest absolute Gasteiger partial charge is 0.343 e. The lowest BCUT2D eigenvalue weighted by molar-refractivity contribution is -0.143. The van der Waals surface area contributed by atoms with Gasteiger partial charge in [-0.3, -0.25) is 4.79 Å². The summed E-state index contributed by atoms with van der Waals surface area (Å²) >= 11 is 19.4. The maximum atomic E-state index is 13.4. The van der Waals surface area contributed by atoms with Crippen molar-refractivity contribution in [2.75, 3.05) is 0 Å². The molecule has 0 unspecified atom stereocenters. The Morgan fingerprint density at radius 1 is 0.581 bits per heavy atom. The summed E-state index contributed by atoms with van der Waals surface area (Å²) in [5.74, 6) is -0.967. The van der Waals surface area contributed by atoms with E-state index in [1.54, 1.807) is 118 Å². The zero-order valence-corrected chi connectivity index (χ0v) is 25.6. The first kappa shape index (κ1) is 30.2. The minimum Gasteiger partial charge on any atom is -0.448 e. The van der Waals surface area contributed by atoms with E-state index in [9.17, 15) is 9.59 Å². The van der Waals surface area contributed by atoms with Crippen LogP contribution >= 0.6 is 34.8 Å². The Hall–Kier alpha value is -4.23. The summed E-state index contributed by atoms with van der Waals surface area (Å²) < 4.78 is 24.8. The molecule has 0 amide bonds. The van der Waals surface area contributed by atoms with Crippen molar-refractivity contribution in [2.24, 2.45) is 5.41 Å². The topological polar surface area (TPSA) is 71.1 Å². The van der Waals surface area contributed by atoms with E-state index in [1.807, 2.05) is 0 Å². The summed E-state index contributed by atoms with van der Waals surface area (Å²) in [4.78, 5) is 26.8. The molecule has 6 nitrogen and oxygen atoms in total. The van der Waals surface area contributed by atoms with Gasteiger partial charge in [0, 0.05) is 15.8 Å². The van der Waals surface area contributed by atoms with Crippen LogP contribution < -0.4 is 18.9 Å². The van der Waals surface area contributed by atoms with Crippen molar-refractivity contribution in [3.05, 3.63) is 118 Å². The molecule has 0 N–H and O–H groups in total. The highest BCUT2D eigenvalue weighted by Gasteiger charge is 2.32. The fourth-order valence-corrected chi connectivity index (χ4v) is 4.51. The molecular formula is C34H25Cl3O6. The number of hydrogen-bond donors (Lipinski definition) is 0. The Labute approximate surface area is 263 Å². The van der Waals surface area contributed by atoms with Crippen LogP contribution in [-0.4, -0.2) is 11.9 Å². The van der Waals surface area contributed by atoms with Gasteiger partial charge in [0.25, 0.3) is 0 Å². The van der Waals surface area contributed by atoms with Crippen LogP contribution in [0.5, 0.6) is 34.5 Å². The molecule has 5 aromatic rings. The lowest BCUT2D eigenvalue weighted by atomic mass is 9.97. The molecule has 0 saturated carbocycles. The van der Waals surface area contributed by atoms with Crippen LogP contribution in [0, 0.1) is 5.41 Å². The lowest BCUT2D eigenvalue weighted by Crippen LogP contribution is -2.26. The van der Waals surface area contributed by atoms with Crippen molar-refractivity contribution in [3.8, 4) is 34.5 Å². The molecule has 0 aliphatic heterocycles. The largest absolute Gasteiger partial charge is 0.448 e. The van der Waals surface area contributed by atoms with Crippen LogP contribution in [0.15, 0.2) is 97.1 Å². The quantitative estimate of drug-likeness (QED) is 0.131. The number of esters is 2. The van der Waals surface area contributed by atoms with Crippen LogP contribution in [0.1, 0.15) is 31.1 Å². The second-order valence-corrected chi connectivity index (χ2v) is 11.7. The predicted octanol–water partition coefficient (Wildman–Crippen LogP) is 10.6. The maximum absolute atomic E-state index is 13.4. The van der Waals surface area contributed by atoms with Gasteiger partial charge in [0.2, 0.25) is 11.5 Å². The molecule has 0 aliphatic carbocycles. The number of para-hydroxylation sites is 2. The van der Waals surface area contributed by atoms with E-state index in [2.05, 4.69) is 0 Å². The molecule has 218 valence electrons. The minimum atomic E-state index is -0.886. The fraction of sp³-hybridized carbons (Fsp3) is 0.118. The Morgan fingerprint density at radius 3 is 1.63 bits per heavy atom. The van der Waals surface area contributed by atoms with Crippen LogP contribution in [0.2, 0.25) is 15.1 Å². The van der Waals surface area contributed by atoms with E-state index in [-0.39, 0.29) is 50.1 Å². The van der Waals surface area contributed by atoms with E-state index in [4.69, 9.17) is 53.8 Å². The molecule has 0 saturated heterocycles. The number of rotatable bonds is 7. The number of hydrogen-bond acceptors (Lipinski definition) is 6. The highest BCUT2D eigenvalue weighted by atomic mass is 35.5. The van der Waals surface area contributed by atoms with E-state index in [1.165, 1.54) is 0 Å². The molecule has 0 atom stereocenters. The summed E-state index contributed by atoms with van der Waals surface area (Å²) in [6.07, 6.45) is 0. The minimum absolute atomic E-state index is 0.00748. The van der Waals surface area contributed by atoms with Crippen molar-refractivity contribution < 1.29 is 28.5 Å². The monoisotopic (exact) mass is 634 g/mol. The zero-order valence-electron chi connectivity index (χ0n) is 23.3. The van der Waals surface area contributed by atoms with Gasteiger partial charge in [-0.05, 0) is 75.4 Å². The molecule has 0 fully saturated rings. The van der Waals surface area contributed by atoms with E-state index >= 15 is 0 Å². The second-order valence-electron chi connectivity index (χ2n) is 10.5. The number of benzene rings is 5. The van der Waals surface area contributed by atoms with Gasteiger partial charge < -0.3 is 18.9 Å². The van der Waals surface area contributed by atoms with Crippen molar-refractivity contribution in [1.29, 1.82) is 0 Å². The molecular weight excluding hydrogens is 611 g/mol. The van der Waals surface area contributed by atoms with E-state index in [0.29, 0.717) is 15.8 Å². The number of ether oxygens (including phenoxy) is 4. The summed E-state index contributed by atoms with van der Waals surface area (Å²) in [6, 6.07) is 26.8.